The molecule has 0 spiro atoms. The molecular weight excluding hydrogens is 376 g/mol. The van der Waals surface area contributed by atoms with E-state index in [2.05, 4.69) is 15.0 Å². The number of aliphatic imine (C=N–C) groups is 1. The largest absolute Gasteiger partial charge is 0.352 e. The van der Waals surface area contributed by atoms with Crippen LogP contribution in [-0.2, 0) is 14.8 Å². The molecule has 0 saturated heterocycles. The SMILES string of the molecule is C[C@@H](N=C1NS(=O)(=O)c2ccccc21)C(=O)NC[C@@H](c1ccccc1)N(C)C. The Balaban J connectivity index is 1.71. The molecule has 3 rings (SSSR count). The number of likely N-dealkylation sites (N-methyl/N-ethyl adjacent to an activating group) is 1. The highest BCUT2D eigenvalue weighted by atomic mass is 32.2. The minimum absolute atomic E-state index is 0.0238. The van der Waals surface area contributed by atoms with E-state index in [0.29, 0.717) is 12.1 Å². The van der Waals surface area contributed by atoms with Gasteiger partial charge in [-0.2, -0.15) is 0 Å². The van der Waals surface area contributed by atoms with E-state index in [1.807, 2.05) is 49.3 Å². The summed E-state index contributed by atoms with van der Waals surface area (Å²) in [7, 11) is 0.294. The third-order valence-electron chi connectivity index (χ3n) is 4.64. The number of hydrogen-bond acceptors (Lipinski definition) is 5. The zero-order valence-corrected chi connectivity index (χ0v) is 16.9. The van der Waals surface area contributed by atoms with Crippen LogP contribution in [0.25, 0.3) is 0 Å². The van der Waals surface area contributed by atoms with E-state index in [1.165, 1.54) is 6.07 Å². The van der Waals surface area contributed by atoms with Crippen LogP contribution < -0.4 is 10.0 Å². The third kappa shape index (κ3) is 4.23. The summed E-state index contributed by atoms with van der Waals surface area (Å²) in [6.45, 7) is 2.07. The molecule has 1 amide bonds. The zero-order valence-electron chi connectivity index (χ0n) is 16.1. The molecule has 8 heteroatoms. The van der Waals surface area contributed by atoms with Crippen LogP contribution in [-0.4, -0.2) is 51.7 Å². The Hall–Kier alpha value is -2.71. The summed E-state index contributed by atoms with van der Waals surface area (Å²) in [6, 6.07) is 15.8. The van der Waals surface area contributed by atoms with E-state index >= 15 is 0 Å². The van der Waals surface area contributed by atoms with Crippen LogP contribution in [0.5, 0.6) is 0 Å². The van der Waals surface area contributed by atoms with Gasteiger partial charge in [-0.3, -0.25) is 14.5 Å². The third-order valence-corrected chi connectivity index (χ3v) is 6.04. The van der Waals surface area contributed by atoms with Crippen LogP contribution >= 0.6 is 0 Å². The van der Waals surface area contributed by atoms with Gasteiger partial charge in [-0.15, -0.1) is 0 Å². The molecule has 0 aliphatic carbocycles. The summed E-state index contributed by atoms with van der Waals surface area (Å²) < 4.78 is 26.8. The number of sulfonamides is 1. The van der Waals surface area contributed by atoms with Crippen LogP contribution in [0.15, 0.2) is 64.5 Å². The normalized spacial score (nSPS) is 18.4. The van der Waals surface area contributed by atoms with Crippen molar-refractivity contribution in [1.29, 1.82) is 0 Å². The summed E-state index contributed by atoms with van der Waals surface area (Å²) in [5, 5.41) is 2.92. The molecule has 0 fully saturated rings. The van der Waals surface area contributed by atoms with Crippen molar-refractivity contribution in [1.82, 2.24) is 14.9 Å². The minimum atomic E-state index is -3.62. The average molecular weight is 401 g/mol. The lowest BCUT2D eigenvalue weighted by atomic mass is 10.1. The van der Waals surface area contributed by atoms with Crippen molar-refractivity contribution in [2.24, 2.45) is 4.99 Å². The number of carbonyl (C=O) groups is 1. The van der Waals surface area contributed by atoms with E-state index in [0.717, 1.165) is 5.56 Å². The van der Waals surface area contributed by atoms with E-state index < -0.39 is 16.1 Å². The first-order chi connectivity index (χ1) is 13.3. The Morgan fingerprint density at radius 3 is 2.43 bits per heavy atom. The molecule has 2 N–H and O–H groups in total. The lowest BCUT2D eigenvalue weighted by molar-refractivity contribution is -0.122. The molecule has 2 aromatic carbocycles. The van der Waals surface area contributed by atoms with Crippen LogP contribution in [0.1, 0.15) is 24.1 Å². The number of hydrogen-bond donors (Lipinski definition) is 2. The molecule has 28 heavy (non-hydrogen) atoms. The second-order valence-corrected chi connectivity index (χ2v) is 8.54. The van der Waals surface area contributed by atoms with E-state index in [1.54, 1.807) is 25.1 Å². The summed E-state index contributed by atoms with van der Waals surface area (Å²) in [5.41, 5.74) is 1.59. The van der Waals surface area contributed by atoms with Crippen LogP contribution in [0.4, 0.5) is 0 Å². The van der Waals surface area contributed by atoms with Gasteiger partial charge in [-0.1, -0.05) is 42.5 Å². The number of fused-ring (bicyclic) bond motifs is 1. The monoisotopic (exact) mass is 400 g/mol. The fourth-order valence-corrected chi connectivity index (χ4v) is 4.34. The summed E-state index contributed by atoms with van der Waals surface area (Å²) >= 11 is 0. The number of nitrogens with zero attached hydrogens (tertiary/aromatic N) is 2. The minimum Gasteiger partial charge on any atom is -0.352 e. The zero-order chi connectivity index (χ0) is 20.3. The smallest absolute Gasteiger partial charge is 0.263 e. The Kier molecular flexibility index (Phi) is 5.81. The van der Waals surface area contributed by atoms with Crippen molar-refractivity contribution in [2.75, 3.05) is 20.6 Å². The van der Waals surface area contributed by atoms with Gasteiger partial charge < -0.3 is 10.2 Å². The Morgan fingerprint density at radius 1 is 1.11 bits per heavy atom. The van der Waals surface area contributed by atoms with E-state index in [-0.39, 0.29) is 22.7 Å². The maximum absolute atomic E-state index is 12.5. The Morgan fingerprint density at radius 2 is 1.75 bits per heavy atom. The second kappa shape index (κ2) is 8.12. The molecule has 7 nitrogen and oxygen atoms in total. The summed E-state index contributed by atoms with van der Waals surface area (Å²) in [6.07, 6.45) is 0. The lowest BCUT2D eigenvalue weighted by Gasteiger charge is -2.25. The molecule has 2 aromatic rings. The van der Waals surface area contributed by atoms with Crippen molar-refractivity contribution in [3.8, 4) is 0 Å². The van der Waals surface area contributed by atoms with Gasteiger partial charge in [-0.05, 0) is 38.7 Å². The number of rotatable bonds is 6. The van der Waals surface area contributed by atoms with Crippen molar-refractivity contribution in [2.45, 2.75) is 23.9 Å². The number of amidine groups is 1. The van der Waals surface area contributed by atoms with Gasteiger partial charge in [0.25, 0.3) is 10.0 Å². The van der Waals surface area contributed by atoms with Gasteiger partial charge in [0, 0.05) is 12.1 Å². The predicted octanol–water partition coefficient (Wildman–Crippen LogP) is 1.53. The standard InChI is InChI=1S/C20H24N4O3S/c1-14(22-19-16-11-7-8-12-18(16)28(26,27)23-19)20(25)21-13-17(24(2)3)15-9-5-4-6-10-15/h4-12,14,17H,13H2,1-3H3,(H,21,25)(H,22,23)/t14-,17+/m1/s1. The van der Waals surface area contributed by atoms with Gasteiger partial charge in [0.15, 0.2) is 0 Å². The van der Waals surface area contributed by atoms with Crippen molar-refractivity contribution < 1.29 is 13.2 Å². The fourth-order valence-electron chi connectivity index (χ4n) is 3.10. The van der Waals surface area contributed by atoms with Gasteiger partial charge in [-0.25, -0.2) is 8.42 Å². The highest BCUT2D eigenvalue weighted by Crippen LogP contribution is 2.22. The first-order valence-electron chi connectivity index (χ1n) is 8.98. The predicted molar refractivity (Wildman–Crippen MR) is 109 cm³/mol. The number of amides is 1. The van der Waals surface area contributed by atoms with Crippen molar-refractivity contribution in [3.63, 3.8) is 0 Å². The van der Waals surface area contributed by atoms with Crippen LogP contribution in [0, 0.1) is 0 Å². The average Bonchev–Trinajstić information content (AvgIpc) is 2.93. The van der Waals surface area contributed by atoms with Crippen molar-refractivity contribution >= 4 is 21.8 Å². The van der Waals surface area contributed by atoms with Gasteiger partial charge in [0.1, 0.15) is 11.9 Å². The van der Waals surface area contributed by atoms with Gasteiger partial charge >= 0.3 is 0 Å². The molecular formula is C20H24N4O3S. The van der Waals surface area contributed by atoms with Crippen LogP contribution in [0.3, 0.4) is 0 Å². The molecule has 0 saturated carbocycles. The van der Waals surface area contributed by atoms with E-state index in [9.17, 15) is 13.2 Å². The number of carbonyl (C=O) groups excluding carboxylic acids is 1. The maximum Gasteiger partial charge on any atom is 0.263 e. The first kappa shape index (κ1) is 20.0. The molecule has 0 unspecified atom stereocenters. The van der Waals surface area contributed by atoms with Crippen LogP contribution in [0.2, 0.25) is 0 Å². The molecule has 0 bridgehead atoms. The molecule has 0 radical (unpaired) electrons. The molecule has 2 atom stereocenters. The Bertz CT molecular complexity index is 988. The lowest BCUT2D eigenvalue weighted by Crippen LogP contribution is -2.39. The second-order valence-electron chi connectivity index (χ2n) is 6.89. The highest BCUT2D eigenvalue weighted by molar-refractivity contribution is 7.90. The molecule has 148 valence electrons. The van der Waals surface area contributed by atoms with E-state index in [4.69, 9.17) is 0 Å². The summed E-state index contributed by atoms with van der Waals surface area (Å²) in [4.78, 5) is 19.1. The highest BCUT2D eigenvalue weighted by Gasteiger charge is 2.31. The number of nitrogens with one attached hydrogen (secondary N) is 2. The first-order valence-corrected chi connectivity index (χ1v) is 10.5. The molecule has 1 heterocycles. The maximum atomic E-state index is 12.5. The molecule has 1 aliphatic heterocycles. The molecule has 0 aromatic heterocycles. The quantitative estimate of drug-likeness (QED) is 0.769. The summed E-state index contributed by atoms with van der Waals surface area (Å²) in [5.74, 6) is -0.0654. The Labute approximate surface area is 165 Å². The molecule has 1 aliphatic rings. The van der Waals surface area contributed by atoms with Gasteiger partial charge in [0.2, 0.25) is 5.91 Å². The van der Waals surface area contributed by atoms with Gasteiger partial charge in [0.05, 0.1) is 10.9 Å². The van der Waals surface area contributed by atoms with Crippen molar-refractivity contribution in [3.05, 3.63) is 65.7 Å². The topological polar surface area (TPSA) is 90.9 Å². The number of benzene rings is 2. The fraction of sp³-hybridized carbons (Fsp3) is 0.300.